The van der Waals surface area contributed by atoms with Gasteiger partial charge in [0.25, 0.3) is 0 Å². The number of methoxy groups -OCH3 is 1. The van der Waals surface area contributed by atoms with Gasteiger partial charge in [-0.25, -0.2) is 0 Å². The molecule has 33 heavy (non-hydrogen) atoms. The summed E-state index contributed by atoms with van der Waals surface area (Å²) in [7, 11) is 3.42. The highest BCUT2D eigenvalue weighted by molar-refractivity contribution is 7.99. The molecule has 0 fully saturated rings. The molecule has 2 heterocycles. The summed E-state index contributed by atoms with van der Waals surface area (Å²) in [4.78, 5) is 12.7. The van der Waals surface area contributed by atoms with Crippen LogP contribution in [-0.2, 0) is 11.8 Å². The van der Waals surface area contributed by atoms with Gasteiger partial charge in [-0.2, -0.15) is 0 Å². The summed E-state index contributed by atoms with van der Waals surface area (Å²) in [5, 5.41) is 14.5. The van der Waals surface area contributed by atoms with Crippen LogP contribution in [0.3, 0.4) is 0 Å². The van der Waals surface area contributed by atoms with Gasteiger partial charge in [0.2, 0.25) is 5.91 Å². The number of amides is 1. The number of aromatic nitrogens is 3. The maximum atomic E-state index is 12.7. The highest BCUT2D eigenvalue weighted by atomic mass is 35.5. The zero-order valence-electron chi connectivity index (χ0n) is 17.8. The molecule has 0 atom stereocenters. The minimum absolute atomic E-state index is 0.149. The highest BCUT2D eigenvalue weighted by Gasteiger charge is 2.17. The van der Waals surface area contributed by atoms with Crippen LogP contribution in [0.5, 0.6) is 5.75 Å². The lowest BCUT2D eigenvalue weighted by molar-refractivity contribution is -0.113. The fraction of sp³-hybridized carbons (Fsp3) is 0.125. The molecule has 0 saturated carbocycles. The quantitative estimate of drug-likeness (QED) is 0.312. The summed E-state index contributed by atoms with van der Waals surface area (Å²) in [6.07, 6.45) is 0. The molecule has 0 aliphatic heterocycles. The van der Waals surface area contributed by atoms with Gasteiger partial charge in [0.15, 0.2) is 11.0 Å². The number of nitrogens with one attached hydrogen (secondary N) is 1. The van der Waals surface area contributed by atoms with Crippen molar-refractivity contribution in [2.45, 2.75) is 5.16 Å². The van der Waals surface area contributed by atoms with Crippen molar-refractivity contribution in [2.75, 3.05) is 18.2 Å². The lowest BCUT2D eigenvalue weighted by Crippen LogP contribution is -2.15. The molecular weight excluding hydrogens is 460 g/mol. The van der Waals surface area contributed by atoms with Crippen LogP contribution in [-0.4, -0.2) is 33.5 Å². The first-order valence-electron chi connectivity index (χ1n) is 10.1. The summed E-state index contributed by atoms with van der Waals surface area (Å²) >= 11 is 7.57. The van der Waals surface area contributed by atoms with Gasteiger partial charge in [0, 0.05) is 29.4 Å². The van der Waals surface area contributed by atoms with E-state index in [1.165, 1.54) is 11.8 Å². The van der Waals surface area contributed by atoms with Crippen molar-refractivity contribution in [2.24, 2.45) is 7.05 Å². The van der Waals surface area contributed by atoms with Crippen molar-refractivity contribution in [3.63, 3.8) is 0 Å². The van der Waals surface area contributed by atoms with Gasteiger partial charge >= 0.3 is 0 Å². The third-order valence-corrected chi connectivity index (χ3v) is 6.60. The van der Waals surface area contributed by atoms with Crippen LogP contribution in [0, 0.1) is 0 Å². The van der Waals surface area contributed by atoms with Crippen molar-refractivity contribution >= 4 is 56.9 Å². The third-order valence-electron chi connectivity index (χ3n) is 5.25. The number of carbonyl (C=O) groups excluding carboxylic acids is 1. The number of para-hydroxylation sites is 1. The van der Waals surface area contributed by atoms with Crippen LogP contribution in [0.2, 0.25) is 5.02 Å². The van der Waals surface area contributed by atoms with Gasteiger partial charge in [0.05, 0.1) is 23.6 Å². The molecular formula is C24H19ClN4O3S. The number of furan rings is 1. The van der Waals surface area contributed by atoms with Crippen molar-refractivity contribution in [3.05, 3.63) is 65.7 Å². The summed E-state index contributed by atoms with van der Waals surface area (Å²) in [6, 6.07) is 18.9. The Morgan fingerprint density at radius 2 is 1.88 bits per heavy atom. The monoisotopic (exact) mass is 478 g/mol. The lowest BCUT2D eigenvalue weighted by atomic mass is 10.1. The minimum atomic E-state index is -0.198. The Hall–Kier alpha value is -3.49. The van der Waals surface area contributed by atoms with E-state index in [4.69, 9.17) is 20.8 Å². The largest absolute Gasteiger partial charge is 0.495 e. The molecule has 0 bridgehead atoms. The molecule has 2 aromatic heterocycles. The Balaban J connectivity index is 1.33. The summed E-state index contributed by atoms with van der Waals surface area (Å²) < 4.78 is 13.3. The first-order valence-corrected chi connectivity index (χ1v) is 11.5. The summed E-state index contributed by atoms with van der Waals surface area (Å²) in [5.41, 5.74) is 2.79. The molecule has 1 amide bonds. The Morgan fingerprint density at radius 3 is 2.70 bits per heavy atom. The predicted molar refractivity (Wildman–Crippen MR) is 131 cm³/mol. The topological polar surface area (TPSA) is 82.2 Å². The van der Waals surface area contributed by atoms with Crippen LogP contribution < -0.4 is 10.1 Å². The second kappa shape index (κ2) is 8.80. The maximum Gasteiger partial charge on any atom is 0.234 e. The average Bonchev–Trinajstić information content (AvgIpc) is 3.37. The number of thioether (sulfide) groups is 1. The Kier molecular flexibility index (Phi) is 5.70. The number of hydrogen-bond donors (Lipinski definition) is 1. The van der Waals surface area contributed by atoms with E-state index in [1.807, 2.05) is 60.1 Å². The zero-order chi connectivity index (χ0) is 22.9. The number of benzene rings is 3. The standard InChI is InChI=1S/C24H19ClN4O3S/c1-29-23(15-8-3-5-9-17(15)25)27-28-24(29)33-13-22(30)26-18-12-20-16(11-21(18)31-2)14-7-4-6-10-19(14)32-20/h3-12H,13H2,1-2H3,(H,26,30). The smallest absolute Gasteiger partial charge is 0.234 e. The molecule has 0 saturated heterocycles. The molecule has 0 radical (unpaired) electrons. The summed E-state index contributed by atoms with van der Waals surface area (Å²) in [5.74, 6) is 1.15. The molecule has 166 valence electrons. The Bertz CT molecular complexity index is 1490. The first kappa shape index (κ1) is 21.4. The van der Waals surface area contributed by atoms with Gasteiger partial charge in [-0.3, -0.25) is 4.79 Å². The van der Waals surface area contributed by atoms with E-state index in [1.54, 1.807) is 19.2 Å². The van der Waals surface area contributed by atoms with E-state index in [0.717, 1.165) is 21.9 Å². The second-order valence-corrected chi connectivity index (χ2v) is 8.68. The normalized spacial score (nSPS) is 11.2. The predicted octanol–water partition coefficient (Wildman–Crippen LogP) is 5.77. The molecule has 3 aromatic carbocycles. The van der Waals surface area contributed by atoms with Crippen molar-refractivity contribution in [1.29, 1.82) is 0 Å². The van der Waals surface area contributed by atoms with E-state index in [0.29, 0.717) is 33.0 Å². The van der Waals surface area contributed by atoms with Crippen molar-refractivity contribution < 1.29 is 13.9 Å². The van der Waals surface area contributed by atoms with Gasteiger partial charge in [-0.05, 0) is 24.3 Å². The highest BCUT2D eigenvalue weighted by Crippen LogP contribution is 2.36. The van der Waals surface area contributed by atoms with Gasteiger partial charge in [0.1, 0.15) is 16.9 Å². The molecule has 7 nitrogen and oxygen atoms in total. The molecule has 5 rings (SSSR count). The number of halogens is 1. The van der Waals surface area contributed by atoms with Crippen LogP contribution in [0.1, 0.15) is 0 Å². The summed E-state index contributed by atoms with van der Waals surface area (Å²) in [6.45, 7) is 0. The van der Waals surface area contributed by atoms with Gasteiger partial charge in [-0.1, -0.05) is 53.7 Å². The molecule has 5 aromatic rings. The van der Waals surface area contributed by atoms with E-state index in [9.17, 15) is 4.79 Å². The number of hydrogen-bond acceptors (Lipinski definition) is 6. The van der Waals surface area contributed by atoms with Crippen LogP contribution in [0.25, 0.3) is 33.3 Å². The number of ether oxygens (including phenoxy) is 1. The number of carbonyl (C=O) groups is 1. The fourth-order valence-electron chi connectivity index (χ4n) is 3.65. The number of nitrogens with zero attached hydrogens (tertiary/aromatic N) is 3. The van der Waals surface area contributed by atoms with E-state index in [-0.39, 0.29) is 11.7 Å². The molecule has 0 spiro atoms. The van der Waals surface area contributed by atoms with E-state index < -0.39 is 0 Å². The van der Waals surface area contributed by atoms with Crippen LogP contribution in [0.4, 0.5) is 5.69 Å². The minimum Gasteiger partial charge on any atom is -0.495 e. The van der Waals surface area contributed by atoms with E-state index in [2.05, 4.69) is 15.5 Å². The lowest BCUT2D eigenvalue weighted by Gasteiger charge is -2.10. The third kappa shape index (κ3) is 4.03. The SMILES string of the molecule is COc1cc2c(cc1NC(=O)CSc1nnc(-c3ccccc3Cl)n1C)oc1ccccc12. The Labute approximate surface area is 198 Å². The number of fused-ring (bicyclic) bond motifs is 3. The van der Waals surface area contributed by atoms with Crippen molar-refractivity contribution in [3.8, 4) is 17.1 Å². The zero-order valence-corrected chi connectivity index (χ0v) is 19.4. The molecule has 0 aliphatic rings. The van der Waals surface area contributed by atoms with E-state index >= 15 is 0 Å². The Morgan fingerprint density at radius 1 is 1.09 bits per heavy atom. The second-order valence-electron chi connectivity index (χ2n) is 7.33. The van der Waals surface area contributed by atoms with Gasteiger partial charge < -0.3 is 19.0 Å². The van der Waals surface area contributed by atoms with Crippen LogP contribution in [0.15, 0.2) is 70.2 Å². The maximum absolute atomic E-state index is 12.7. The first-order chi connectivity index (χ1) is 16.0. The number of rotatable bonds is 6. The van der Waals surface area contributed by atoms with Crippen molar-refractivity contribution in [1.82, 2.24) is 14.8 Å². The molecule has 9 heteroatoms. The average molecular weight is 479 g/mol. The molecule has 0 unspecified atom stereocenters. The number of anilines is 1. The van der Waals surface area contributed by atoms with Crippen LogP contribution >= 0.6 is 23.4 Å². The molecule has 0 aliphatic carbocycles. The molecule has 1 N–H and O–H groups in total. The van der Waals surface area contributed by atoms with Gasteiger partial charge in [-0.15, -0.1) is 10.2 Å². The fourth-order valence-corrected chi connectivity index (χ4v) is 4.58.